The summed E-state index contributed by atoms with van der Waals surface area (Å²) in [6.07, 6.45) is -4.20. The minimum atomic E-state index is -5.00. The van der Waals surface area contributed by atoms with Gasteiger partial charge >= 0.3 is 161 Å². The number of rotatable bonds is 2. The van der Waals surface area contributed by atoms with E-state index in [1.165, 1.54) is 0 Å². The van der Waals surface area contributed by atoms with Crippen molar-refractivity contribution in [3.8, 4) is 0 Å². The molecule has 0 amide bonds. The standard InChI is InChI=1S/C2H3O8P.Ca.2K.4H/c3-1(4)9-11(7,8)10-2(5)6;;;;;;;/h(H,3,4)(H,5,6)(H,7,8);;;;;;;/q;+2;2*+1;4*-1. The molecule has 0 aliphatic carbocycles. The number of hydrogen-bond acceptors (Lipinski definition) is 5. The maximum absolute atomic E-state index is 10.2. The third-order valence-corrected chi connectivity index (χ3v) is 1.16. The molecule has 0 saturated carbocycles. The zero-order valence-corrected chi connectivity index (χ0v) is 16.9. The van der Waals surface area contributed by atoms with Crippen molar-refractivity contribution in [2.75, 3.05) is 0 Å². The molecule has 0 radical (unpaired) electrons. The van der Waals surface area contributed by atoms with Crippen molar-refractivity contribution in [1.82, 2.24) is 0 Å². The fourth-order valence-electron chi connectivity index (χ4n) is 0.216. The molecule has 0 saturated heterocycles. The molecule has 0 aromatic heterocycles. The van der Waals surface area contributed by atoms with Crippen LogP contribution in [-0.2, 0) is 13.6 Å². The quantitative estimate of drug-likeness (QED) is 0.340. The van der Waals surface area contributed by atoms with Gasteiger partial charge in [-0.05, 0) is 0 Å². The maximum atomic E-state index is 10.2. The van der Waals surface area contributed by atoms with Gasteiger partial charge in [0.25, 0.3) is 0 Å². The van der Waals surface area contributed by atoms with E-state index in [-0.39, 0.29) is 146 Å². The van der Waals surface area contributed by atoms with Crippen LogP contribution in [0.5, 0.6) is 0 Å². The topological polar surface area (TPSA) is 130 Å². The van der Waals surface area contributed by atoms with E-state index >= 15 is 0 Å². The molecule has 0 unspecified atom stereocenters. The zero-order chi connectivity index (χ0) is 9.07. The van der Waals surface area contributed by atoms with E-state index in [9.17, 15) is 14.2 Å². The van der Waals surface area contributed by atoms with Gasteiger partial charge in [0.1, 0.15) is 0 Å². The summed E-state index contributed by atoms with van der Waals surface area (Å²) in [7, 11) is -5.00. The third-order valence-electron chi connectivity index (χ3n) is 0.387. The zero-order valence-electron chi connectivity index (χ0n) is 11.5. The van der Waals surface area contributed by atoms with Crippen molar-refractivity contribution in [2.45, 2.75) is 0 Å². The summed E-state index contributed by atoms with van der Waals surface area (Å²) in [5.41, 5.74) is 0. The van der Waals surface area contributed by atoms with Crippen molar-refractivity contribution in [1.29, 1.82) is 0 Å². The predicted octanol–water partition coefficient (Wildman–Crippen LogP) is -5.45. The van der Waals surface area contributed by atoms with Crippen molar-refractivity contribution < 1.29 is 147 Å². The smallest absolute Gasteiger partial charge is 1.00 e. The van der Waals surface area contributed by atoms with Crippen molar-refractivity contribution in [2.24, 2.45) is 0 Å². The minimum Gasteiger partial charge on any atom is -1.00 e. The van der Waals surface area contributed by atoms with Gasteiger partial charge in [-0.25, -0.2) is 14.2 Å². The normalized spacial score (nSPS) is 8.07. The summed E-state index contributed by atoms with van der Waals surface area (Å²) >= 11 is 0. The number of hydrogen-bond donors (Lipinski definition) is 3. The fourth-order valence-corrected chi connectivity index (χ4v) is 0.648. The Balaban J connectivity index is -0.0000000238. The molecule has 3 N–H and O–H groups in total. The predicted molar refractivity (Wildman–Crippen MR) is 38.2 cm³/mol. The number of carbonyl (C=O) groups is 2. The van der Waals surface area contributed by atoms with Gasteiger partial charge in [-0.15, -0.1) is 0 Å². The SMILES string of the molecule is O=C(O)OP(=O)(O)OC(=O)O.[Ca+2].[H-].[H-].[H-].[H-].[K+].[K+]. The molecule has 8 nitrogen and oxygen atoms in total. The molecule has 0 heterocycles. The Morgan fingerprint density at radius 3 is 1.43 bits per heavy atom. The Labute approximate surface area is 199 Å². The van der Waals surface area contributed by atoms with Crippen molar-refractivity contribution >= 4 is 57.9 Å². The second-order valence-corrected chi connectivity index (χ2v) is 2.49. The molecule has 12 heteroatoms. The third kappa shape index (κ3) is 17.7. The van der Waals surface area contributed by atoms with Crippen LogP contribution in [-0.4, -0.2) is 65.2 Å². The summed E-state index contributed by atoms with van der Waals surface area (Å²) in [4.78, 5) is 27.3. The molecule has 0 spiro atoms. The second kappa shape index (κ2) is 12.7. The van der Waals surface area contributed by atoms with Crippen LogP contribution in [0.1, 0.15) is 5.71 Å². The van der Waals surface area contributed by atoms with Gasteiger partial charge in [0.05, 0.1) is 0 Å². The molecule has 0 aromatic carbocycles. The second-order valence-electron chi connectivity index (χ2n) is 1.18. The molecule has 0 aliphatic heterocycles. The van der Waals surface area contributed by atoms with Gasteiger partial charge in [0, 0.05) is 0 Å². The van der Waals surface area contributed by atoms with Crippen LogP contribution in [0, 0.1) is 0 Å². The first-order chi connectivity index (χ1) is 4.83. The molecular formula is C2H7CaK2O8P. The van der Waals surface area contributed by atoms with E-state index in [2.05, 4.69) is 9.05 Å². The number of phosphoric acid groups is 1. The summed E-state index contributed by atoms with van der Waals surface area (Å²) in [5.74, 6) is 0. The first-order valence-electron chi connectivity index (χ1n) is 2.01. The molecule has 0 fully saturated rings. The molecule has 0 atom stereocenters. The molecule has 14 heavy (non-hydrogen) atoms. The van der Waals surface area contributed by atoms with Gasteiger partial charge in [-0.1, -0.05) is 0 Å². The van der Waals surface area contributed by atoms with Gasteiger partial charge in [-0.2, -0.15) is 0 Å². The van der Waals surface area contributed by atoms with Crippen molar-refractivity contribution in [3.63, 3.8) is 0 Å². The van der Waals surface area contributed by atoms with Gasteiger partial charge < -0.3 is 25.0 Å². The average Bonchev–Trinajstić information content (AvgIpc) is 1.53. The van der Waals surface area contributed by atoms with E-state index in [1.54, 1.807) is 0 Å². The molecule has 72 valence electrons. The first-order valence-corrected chi connectivity index (χ1v) is 3.51. The molecule has 0 bridgehead atoms. The number of phosphoric ester groups is 1. The van der Waals surface area contributed by atoms with Crippen LogP contribution in [0.15, 0.2) is 0 Å². The summed E-state index contributed by atoms with van der Waals surface area (Å²) < 4.78 is 16.5. The summed E-state index contributed by atoms with van der Waals surface area (Å²) in [6, 6.07) is 0. The van der Waals surface area contributed by atoms with Gasteiger partial charge in [0.15, 0.2) is 0 Å². The van der Waals surface area contributed by atoms with E-state index < -0.39 is 20.1 Å². The van der Waals surface area contributed by atoms with Crippen LogP contribution < -0.4 is 103 Å². The van der Waals surface area contributed by atoms with Gasteiger partial charge in [0.2, 0.25) is 0 Å². The maximum Gasteiger partial charge on any atom is 2.00 e. The minimum absolute atomic E-state index is 0. The average molecular weight is 308 g/mol. The largest absolute Gasteiger partial charge is 2.00 e. The van der Waals surface area contributed by atoms with E-state index in [0.29, 0.717) is 0 Å². The van der Waals surface area contributed by atoms with Crippen LogP contribution in [0.2, 0.25) is 0 Å². The van der Waals surface area contributed by atoms with Crippen LogP contribution >= 0.6 is 7.82 Å². The van der Waals surface area contributed by atoms with Crippen LogP contribution in [0.25, 0.3) is 0 Å². The van der Waals surface area contributed by atoms with Gasteiger partial charge in [-0.3, -0.25) is 4.89 Å². The van der Waals surface area contributed by atoms with E-state index in [4.69, 9.17) is 15.1 Å². The Bertz CT molecular complexity index is 225. The summed E-state index contributed by atoms with van der Waals surface area (Å²) in [5, 5.41) is 15.5. The first kappa shape index (κ1) is 26.0. The van der Waals surface area contributed by atoms with E-state index in [0.717, 1.165) is 0 Å². The number of carboxylic acid groups (broad SMARTS) is 2. The van der Waals surface area contributed by atoms with Crippen LogP contribution in [0.4, 0.5) is 9.59 Å². The van der Waals surface area contributed by atoms with E-state index in [1.807, 2.05) is 0 Å². The monoisotopic (exact) mass is 308 g/mol. The van der Waals surface area contributed by atoms with Crippen LogP contribution in [0.3, 0.4) is 0 Å². The van der Waals surface area contributed by atoms with Crippen molar-refractivity contribution in [3.05, 3.63) is 0 Å². The summed E-state index contributed by atoms with van der Waals surface area (Å²) in [6.45, 7) is 0. The molecule has 0 aromatic rings. The fraction of sp³-hybridized carbons (Fsp3) is 0. The Hall–Kier alpha value is 3.26. The Kier molecular flexibility index (Phi) is 23.6. The molecular weight excluding hydrogens is 301 g/mol. The Morgan fingerprint density at radius 2 is 1.29 bits per heavy atom. The Morgan fingerprint density at radius 1 is 1.07 bits per heavy atom. The molecule has 0 aliphatic rings. The molecule has 0 rings (SSSR count).